The third-order valence-corrected chi connectivity index (χ3v) is 3.59. The Morgan fingerprint density at radius 2 is 1.95 bits per heavy atom. The third-order valence-electron chi connectivity index (χ3n) is 3.12. The second-order valence-corrected chi connectivity index (χ2v) is 5.52. The smallest absolute Gasteiger partial charge is 0.328 e. The molecule has 22 heavy (non-hydrogen) atoms. The lowest BCUT2D eigenvalue weighted by atomic mass is 10.1. The Hall–Kier alpha value is -2.47. The van der Waals surface area contributed by atoms with Gasteiger partial charge in [0.05, 0.1) is 11.4 Å². The summed E-state index contributed by atoms with van der Waals surface area (Å²) >= 11 is 3.38. The van der Waals surface area contributed by atoms with Crippen molar-refractivity contribution in [2.75, 3.05) is 0 Å². The van der Waals surface area contributed by atoms with Crippen LogP contribution in [-0.4, -0.2) is 20.5 Å². The maximum Gasteiger partial charge on any atom is 0.328 e. The Morgan fingerprint density at radius 3 is 2.64 bits per heavy atom. The molecule has 0 amide bonds. The van der Waals surface area contributed by atoms with Crippen LogP contribution in [0.1, 0.15) is 5.69 Å². The molecule has 3 rings (SSSR count). The first kappa shape index (κ1) is 14.5. The van der Waals surface area contributed by atoms with Crippen LogP contribution >= 0.6 is 15.9 Å². The molecule has 0 aliphatic rings. The first-order valence-corrected chi connectivity index (χ1v) is 7.18. The number of carboxylic acid groups (broad SMARTS) is 1. The summed E-state index contributed by atoms with van der Waals surface area (Å²) in [6, 6.07) is 9.59. The van der Waals surface area contributed by atoms with Crippen LogP contribution in [0.4, 0.5) is 4.39 Å². The van der Waals surface area contributed by atoms with Crippen LogP contribution in [0.2, 0.25) is 0 Å². The number of hydrogen-bond donors (Lipinski definition) is 1. The lowest BCUT2D eigenvalue weighted by Crippen LogP contribution is -1.91. The molecule has 0 aliphatic heterocycles. The molecule has 1 aromatic carbocycles. The van der Waals surface area contributed by atoms with Crippen molar-refractivity contribution in [3.8, 4) is 11.3 Å². The molecule has 0 atom stereocenters. The van der Waals surface area contributed by atoms with E-state index < -0.39 is 5.97 Å². The van der Waals surface area contributed by atoms with Gasteiger partial charge in [0, 0.05) is 22.3 Å². The van der Waals surface area contributed by atoms with Gasteiger partial charge in [0.2, 0.25) is 0 Å². The number of imidazole rings is 1. The predicted molar refractivity (Wildman–Crippen MR) is 85.0 cm³/mol. The van der Waals surface area contributed by atoms with E-state index in [1.165, 1.54) is 18.2 Å². The molecule has 2 heterocycles. The van der Waals surface area contributed by atoms with E-state index in [1.807, 2.05) is 12.1 Å². The Bertz CT molecular complexity index is 885. The van der Waals surface area contributed by atoms with Crippen molar-refractivity contribution in [3.05, 3.63) is 64.7 Å². The van der Waals surface area contributed by atoms with Crippen LogP contribution in [0, 0.1) is 5.82 Å². The van der Waals surface area contributed by atoms with Crippen LogP contribution in [0.25, 0.3) is 23.0 Å². The van der Waals surface area contributed by atoms with Gasteiger partial charge in [-0.3, -0.25) is 4.40 Å². The standard InChI is InChI=1S/C16H10BrFN2O2/c17-11-3-7-14-19-16(10-1-4-12(18)5-2-10)13(20(14)9-11)6-8-15(21)22/h1-9H,(H,21,22)/b8-6-. The number of aliphatic carboxylic acids is 1. The summed E-state index contributed by atoms with van der Waals surface area (Å²) < 4.78 is 15.7. The third kappa shape index (κ3) is 2.78. The van der Waals surface area contributed by atoms with E-state index >= 15 is 0 Å². The lowest BCUT2D eigenvalue weighted by molar-refractivity contribution is -0.131. The molecule has 110 valence electrons. The number of pyridine rings is 1. The van der Waals surface area contributed by atoms with Crippen LogP contribution in [0.3, 0.4) is 0 Å². The molecule has 2 aromatic heterocycles. The van der Waals surface area contributed by atoms with E-state index in [0.717, 1.165) is 10.5 Å². The SMILES string of the molecule is O=C(O)/C=C\c1c(-c2ccc(F)cc2)nc2ccc(Br)cn12. The van der Waals surface area contributed by atoms with Gasteiger partial charge in [0.25, 0.3) is 0 Å². The number of aromatic nitrogens is 2. The highest BCUT2D eigenvalue weighted by Crippen LogP contribution is 2.27. The van der Waals surface area contributed by atoms with E-state index in [-0.39, 0.29) is 5.82 Å². The Morgan fingerprint density at radius 1 is 1.23 bits per heavy atom. The summed E-state index contributed by atoms with van der Waals surface area (Å²) in [4.78, 5) is 15.3. The fourth-order valence-electron chi connectivity index (χ4n) is 2.17. The minimum Gasteiger partial charge on any atom is -0.478 e. The number of rotatable bonds is 3. The Kier molecular flexibility index (Phi) is 3.77. The van der Waals surface area contributed by atoms with Gasteiger partial charge < -0.3 is 5.11 Å². The van der Waals surface area contributed by atoms with Gasteiger partial charge >= 0.3 is 5.97 Å². The van der Waals surface area contributed by atoms with Gasteiger partial charge in [-0.2, -0.15) is 0 Å². The number of hydrogen-bond acceptors (Lipinski definition) is 2. The molecule has 3 aromatic rings. The van der Waals surface area contributed by atoms with Crippen molar-refractivity contribution < 1.29 is 14.3 Å². The summed E-state index contributed by atoms with van der Waals surface area (Å²) in [7, 11) is 0. The highest BCUT2D eigenvalue weighted by Gasteiger charge is 2.12. The molecule has 0 spiro atoms. The van der Waals surface area contributed by atoms with E-state index in [9.17, 15) is 9.18 Å². The largest absolute Gasteiger partial charge is 0.478 e. The Balaban J connectivity index is 2.26. The van der Waals surface area contributed by atoms with Crippen molar-refractivity contribution in [2.45, 2.75) is 0 Å². The minimum absolute atomic E-state index is 0.335. The van der Waals surface area contributed by atoms with Crippen LogP contribution in [0.5, 0.6) is 0 Å². The molecule has 0 unspecified atom stereocenters. The minimum atomic E-state index is -1.05. The van der Waals surface area contributed by atoms with Crippen molar-refractivity contribution >= 4 is 33.6 Å². The van der Waals surface area contributed by atoms with Gasteiger partial charge in [-0.15, -0.1) is 0 Å². The molecular weight excluding hydrogens is 351 g/mol. The predicted octanol–water partition coefficient (Wildman–Crippen LogP) is 4.00. The molecule has 4 nitrogen and oxygen atoms in total. The van der Waals surface area contributed by atoms with Crippen molar-refractivity contribution in [1.82, 2.24) is 9.38 Å². The number of halogens is 2. The molecule has 0 radical (unpaired) electrons. The number of nitrogens with zero attached hydrogens (tertiary/aromatic N) is 2. The molecule has 0 saturated carbocycles. The average Bonchev–Trinajstić information content (AvgIpc) is 2.83. The van der Waals surface area contributed by atoms with Gasteiger partial charge in [0.15, 0.2) is 0 Å². The summed E-state index contributed by atoms with van der Waals surface area (Å²) in [6.07, 6.45) is 4.34. The van der Waals surface area contributed by atoms with E-state index in [0.29, 0.717) is 22.6 Å². The monoisotopic (exact) mass is 360 g/mol. The van der Waals surface area contributed by atoms with Gasteiger partial charge in [-0.1, -0.05) is 0 Å². The quantitative estimate of drug-likeness (QED) is 0.718. The molecule has 0 saturated heterocycles. The topological polar surface area (TPSA) is 54.6 Å². The summed E-state index contributed by atoms with van der Waals surface area (Å²) in [5.74, 6) is -1.38. The fraction of sp³-hybridized carbons (Fsp3) is 0. The number of fused-ring (bicyclic) bond motifs is 1. The molecule has 0 aliphatic carbocycles. The Labute approximate surface area is 133 Å². The number of carboxylic acids is 1. The number of benzene rings is 1. The highest BCUT2D eigenvalue weighted by atomic mass is 79.9. The molecule has 1 N–H and O–H groups in total. The first-order chi connectivity index (χ1) is 10.5. The molecular formula is C16H10BrFN2O2. The zero-order valence-corrected chi connectivity index (χ0v) is 12.8. The van der Waals surface area contributed by atoms with Gasteiger partial charge in [-0.25, -0.2) is 14.2 Å². The zero-order chi connectivity index (χ0) is 15.7. The second kappa shape index (κ2) is 5.73. The second-order valence-electron chi connectivity index (χ2n) is 4.60. The van der Waals surface area contributed by atoms with Crippen LogP contribution in [-0.2, 0) is 4.79 Å². The van der Waals surface area contributed by atoms with Crippen LogP contribution < -0.4 is 0 Å². The lowest BCUT2D eigenvalue weighted by Gasteiger charge is -2.01. The maximum absolute atomic E-state index is 13.1. The maximum atomic E-state index is 13.1. The summed E-state index contributed by atoms with van der Waals surface area (Å²) in [5, 5.41) is 8.86. The molecule has 6 heteroatoms. The summed E-state index contributed by atoms with van der Waals surface area (Å²) in [6.45, 7) is 0. The molecule has 0 bridgehead atoms. The normalized spacial score (nSPS) is 11.4. The van der Waals surface area contributed by atoms with Crippen LogP contribution in [0.15, 0.2) is 53.1 Å². The average molecular weight is 361 g/mol. The van der Waals surface area contributed by atoms with Gasteiger partial charge in [0.1, 0.15) is 11.5 Å². The van der Waals surface area contributed by atoms with E-state index in [4.69, 9.17) is 5.11 Å². The van der Waals surface area contributed by atoms with Crippen molar-refractivity contribution in [1.29, 1.82) is 0 Å². The zero-order valence-electron chi connectivity index (χ0n) is 11.2. The van der Waals surface area contributed by atoms with E-state index in [2.05, 4.69) is 20.9 Å². The fourth-order valence-corrected chi connectivity index (χ4v) is 2.50. The highest BCUT2D eigenvalue weighted by molar-refractivity contribution is 9.10. The first-order valence-electron chi connectivity index (χ1n) is 6.39. The van der Waals surface area contributed by atoms with Crippen molar-refractivity contribution in [2.24, 2.45) is 0 Å². The summed E-state index contributed by atoms with van der Waals surface area (Å²) in [5.41, 5.74) is 2.60. The number of carbonyl (C=O) groups is 1. The molecule has 0 fully saturated rings. The van der Waals surface area contributed by atoms with Crippen molar-refractivity contribution in [3.63, 3.8) is 0 Å². The van der Waals surface area contributed by atoms with Gasteiger partial charge in [-0.05, 0) is 58.4 Å². The van der Waals surface area contributed by atoms with E-state index in [1.54, 1.807) is 22.7 Å².